The molecule has 0 aromatic carbocycles. The monoisotopic (exact) mass is 186 g/mol. The van der Waals surface area contributed by atoms with Crippen molar-refractivity contribution in [1.29, 1.82) is 0 Å². The predicted molar refractivity (Wildman–Crippen MR) is 41.7 cm³/mol. The van der Waals surface area contributed by atoms with Crippen LogP contribution in [0.2, 0.25) is 0 Å². The van der Waals surface area contributed by atoms with E-state index in [0.717, 1.165) is 6.08 Å². The number of hydrogen-bond donors (Lipinski definition) is 1. The van der Waals surface area contributed by atoms with Gasteiger partial charge in [-0.15, -0.1) is 0 Å². The van der Waals surface area contributed by atoms with E-state index in [1.165, 1.54) is 6.08 Å². The molecule has 5 nitrogen and oxygen atoms in total. The third-order valence-electron chi connectivity index (χ3n) is 1.51. The number of aliphatic hydroxyl groups is 1. The number of hydrogen-bond acceptors (Lipinski definition) is 5. The van der Waals surface area contributed by atoms with Crippen molar-refractivity contribution < 1.29 is 24.2 Å². The standard InChI is InChI=1S/C8H10O5/c1-2-12-8(11)7(10)5-3-4-6(9)13-5/h3-5,7,10H,2H2,1H3/t5-,7+/m0/s1. The normalized spacial score (nSPS) is 22.6. The van der Waals surface area contributed by atoms with Crippen LogP contribution in [0.25, 0.3) is 0 Å². The fourth-order valence-corrected chi connectivity index (χ4v) is 0.918. The van der Waals surface area contributed by atoms with Gasteiger partial charge in [0, 0.05) is 6.08 Å². The van der Waals surface area contributed by atoms with E-state index in [0.29, 0.717) is 0 Å². The van der Waals surface area contributed by atoms with Crippen LogP contribution in [0.1, 0.15) is 6.92 Å². The summed E-state index contributed by atoms with van der Waals surface area (Å²) in [5.41, 5.74) is 0. The first kappa shape index (κ1) is 9.73. The zero-order valence-corrected chi connectivity index (χ0v) is 7.10. The number of ether oxygens (including phenoxy) is 2. The SMILES string of the molecule is CCOC(=O)[C@H](O)[C@@H]1C=CC(=O)O1. The van der Waals surface area contributed by atoms with Gasteiger partial charge >= 0.3 is 11.9 Å². The van der Waals surface area contributed by atoms with Gasteiger partial charge in [-0.1, -0.05) is 0 Å². The predicted octanol–water partition coefficient (Wildman–Crippen LogP) is -0.608. The zero-order valence-electron chi connectivity index (χ0n) is 7.10. The summed E-state index contributed by atoms with van der Waals surface area (Å²) in [7, 11) is 0. The molecular formula is C8H10O5. The molecule has 0 saturated carbocycles. The molecule has 1 heterocycles. The summed E-state index contributed by atoms with van der Waals surface area (Å²) in [6.45, 7) is 1.81. The maximum absolute atomic E-state index is 10.9. The van der Waals surface area contributed by atoms with Crippen LogP contribution in [0.4, 0.5) is 0 Å². The van der Waals surface area contributed by atoms with E-state index in [2.05, 4.69) is 9.47 Å². The van der Waals surface area contributed by atoms with Crippen LogP contribution >= 0.6 is 0 Å². The van der Waals surface area contributed by atoms with Crippen molar-refractivity contribution in [1.82, 2.24) is 0 Å². The zero-order chi connectivity index (χ0) is 9.84. The Morgan fingerprint density at radius 2 is 2.54 bits per heavy atom. The van der Waals surface area contributed by atoms with Gasteiger partial charge < -0.3 is 14.6 Å². The van der Waals surface area contributed by atoms with E-state index in [-0.39, 0.29) is 6.61 Å². The molecule has 0 amide bonds. The van der Waals surface area contributed by atoms with Crippen molar-refractivity contribution in [3.63, 3.8) is 0 Å². The molecule has 1 rings (SSSR count). The number of rotatable bonds is 3. The van der Waals surface area contributed by atoms with Gasteiger partial charge in [0.1, 0.15) is 0 Å². The first-order valence-electron chi connectivity index (χ1n) is 3.88. The molecule has 72 valence electrons. The summed E-state index contributed by atoms with van der Waals surface area (Å²) < 4.78 is 9.13. The molecule has 0 spiro atoms. The molecule has 0 aromatic heterocycles. The van der Waals surface area contributed by atoms with Crippen LogP contribution in [0.5, 0.6) is 0 Å². The number of carbonyl (C=O) groups excluding carboxylic acids is 2. The lowest BCUT2D eigenvalue weighted by atomic mass is 10.2. The van der Waals surface area contributed by atoms with E-state index in [1.807, 2.05) is 0 Å². The second kappa shape index (κ2) is 4.04. The maximum Gasteiger partial charge on any atom is 0.339 e. The van der Waals surface area contributed by atoms with E-state index >= 15 is 0 Å². The lowest BCUT2D eigenvalue weighted by Crippen LogP contribution is -2.35. The molecule has 1 aliphatic rings. The molecule has 2 atom stereocenters. The van der Waals surface area contributed by atoms with E-state index in [9.17, 15) is 14.7 Å². The minimum atomic E-state index is -1.43. The van der Waals surface area contributed by atoms with E-state index in [4.69, 9.17) is 0 Å². The number of esters is 2. The molecule has 0 aromatic rings. The second-order valence-electron chi connectivity index (χ2n) is 2.46. The van der Waals surface area contributed by atoms with E-state index in [1.54, 1.807) is 6.92 Å². The number of aliphatic hydroxyl groups excluding tert-OH is 1. The molecule has 0 bridgehead atoms. The highest BCUT2D eigenvalue weighted by Crippen LogP contribution is 2.10. The van der Waals surface area contributed by atoms with Crippen molar-refractivity contribution in [2.75, 3.05) is 6.61 Å². The highest BCUT2D eigenvalue weighted by molar-refractivity contribution is 5.86. The first-order valence-corrected chi connectivity index (χ1v) is 3.88. The quantitative estimate of drug-likeness (QED) is 0.595. The number of cyclic esters (lactones) is 1. The third kappa shape index (κ3) is 2.29. The van der Waals surface area contributed by atoms with Crippen LogP contribution in [0.15, 0.2) is 12.2 Å². The minimum absolute atomic E-state index is 0.181. The Balaban J connectivity index is 2.48. The molecule has 1 aliphatic heterocycles. The second-order valence-corrected chi connectivity index (χ2v) is 2.46. The largest absolute Gasteiger partial charge is 0.464 e. The molecule has 0 radical (unpaired) electrons. The van der Waals surface area contributed by atoms with Crippen molar-refractivity contribution in [3.05, 3.63) is 12.2 Å². The Morgan fingerprint density at radius 3 is 3.00 bits per heavy atom. The van der Waals surface area contributed by atoms with Gasteiger partial charge in [0.2, 0.25) is 0 Å². The van der Waals surface area contributed by atoms with Gasteiger partial charge in [-0.25, -0.2) is 9.59 Å². The van der Waals surface area contributed by atoms with Gasteiger partial charge in [-0.05, 0) is 13.0 Å². The molecule has 13 heavy (non-hydrogen) atoms. The van der Waals surface area contributed by atoms with Crippen LogP contribution in [-0.2, 0) is 19.1 Å². The van der Waals surface area contributed by atoms with E-state index < -0.39 is 24.1 Å². The van der Waals surface area contributed by atoms with Gasteiger partial charge in [0.25, 0.3) is 0 Å². The van der Waals surface area contributed by atoms with Crippen molar-refractivity contribution in [3.8, 4) is 0 Å². The highest BCUT2D eigenvalue weighted by atomic mass is 16.6. The molecule has 0 saturated heterocycles. The topological polar surface area (TPSA) is 72.8 Å². The molecule has 0 fully saturated rings. The summed E-state index contributed by atoms with van der Waals surface area (Å²) in [5.74, 6) is -1.35. The fourth-order valence-electron chi connectivity index (χ4n) is 0.918. The highest BCUT2D eigenvalue weighted by Gasteiger charge is 2.31. The Bertz CT molecular complexity index is 245. The maximum atomic E-state index is 10.9. The van der Waals surface area contributed by atoms with Gasteiger partial charge in [-0.3, -0.25) is 0 Å². The Labute approximate surface area is 74.9 Å². The average molecular weight is 186 g/mol. The Kier molecular flexibility index (Phi) is 3.02. The van der Waals surface area contributed by atoms with Crippen LogP contribution < -0.4 is 0 Å². The third-order valence-corrected chi connectivity index (χ3v) is 1.51. The molecule has 1 N–H and O–H groups in total. The Morgan fingerprint density at radius 1 is 1.85 bits per heavy atom. The summed E-state index contributed by atoms with van der Waals surface area (Å²) in [5, 5.41) is 9.26. The van der Waals surface area contributed by atoms with Crippen LogP contribution in [0, 0.1) is 0 Å². The molecule has 0 unspecified atom stereocenters. The summed E-state index contributed by atoms with van der Waals surface area (Å²) in [6.07, 6.45) is 0.144. The summed E-state index contributed by atoms with van der Waals surface area (Å²) in [6, 6.07) is 0. The van der Waals surface area contributed by atoms with Gasteiger partial charge in [0.15, 0.2) is 12.2 Å². The smallest absolute Gasteiger partial charge is 0.339 e. The number of carbonyl (C=O) groups is 2. The van der Waals surface area contributed by atoms with Gasteiger partial charge in [-0.2, -0.15) is 0 Å². The van der Waals surface area contributed by atoms with Crippen LogP contribution in [-0.4, -0.2) is 35.9 Å². The summed E-state index contributed by atoms with van der Waals surface area (Å²) in [4.78, 5) is 21.5. The fraction of sp³-hybridized carbons (Fsp3) is 0.500. The first-order chi connectivity index (χ1) is 6.15. The molecule has 5 heteroatoms. The van der Waals surface area contributed by atoms with Crippen molar-refractivity contribution in [2.24, 2.45) is 0 Å². The van der Waals surface area contributed by atoms with Crippen molar-refractivity contribution in [2.45, 2.75) is 19.1 Å². The lowest BCUT2D eigenvalue weighted by molar-refractivity contribution is -0.161. The molecule has 0 aliphatic carbocycles. The van der Waals surface area contributed by atoms with Crippen molar-refractivity contribution >= 4 is 11.9 Å². The van der Waals surface area contributed by atoms with Crippen LogP contribution in [0.3, 0.4) is 0 Å². The minimum Gasteiger partial charge on any atom is -0.464 e. The average Bonchev–Trinajstić information content (AvgIpc) is 2.51. The Hall–Kier alpha value is -1.36. The lowest BCUT2D eigenvalue weighted by Gasteiger charge is -2.14. The summed E-state index contributed by atoms with van der Waals surface area (Å²) >= 11 is 0. The van der Waals surface area contributed by atoms with Gasteiger partial charge in [0.05, 0.1) is 6.61 Å². The molecular weight excluding hydrogens is 176 g/mol.